The van der Waals surface area contributed by atoms with Gasteiger partial charge in [0.25, 0.3) is 0 Å². The molecule has 94 valence electrons. The molecule has 0 radical (unpaired) electrons. The molecular weight excluding hydrogens is 258 g/mol. The molecule has 1 heterocycles. The SMILES string of the molecule is Fc1cc([C@H]2CCCN2)c(Cl)c(C(F)(F)F)c1. The molecule has 1 aliphatic rings. The molecule has 1 aromatic carbocycles. The molecule has 0 unspecified atom stereocenters. The summed E-state index contributed by atoms with van der Waals surface area (Å²) in [5.41, 5.74) is -0.917. The van der Waals surface area contributed by atoms with Gasteiger partial charge >= 0.3 is 6.18 Å². The van der Waals surface area contributed by atoms with E-state index < -0.39 is 22.6 Å². The van der Waals surface area contributed by atoms with Gasteiger partial charge in [-0.25, -0.2) is 4.39 Å². The molecule has 1 aromatic rings. The number of rotatable bonds is 1. The van der Waals surface area contributed by atoms with Crippen LogP contribution in [0, 0.1) is 5.82 Å². The average Bonchev–Trinajstić information content (AvgIpc) is 2.72. The Labute approximate surface area is 101 Å². The number of benzene rings is 1. The zero-order valence-electron chi connectivity index (χ0n) is 8.74. The van der Waals surface area contributed by atoms with Crippen LogP contribution >= 0.6 is 11.6 Å². The van der Waals surface area contributed by atoms with Gasteiger partial charge in [-0.05, 0) is 37.1 Å². The van der Waals surface area contributed by atoms with E-state index in [2.05, 4.69) is 5.32 Å². The Bertz CT molecular complexity index is 424. The molecule has 2 rings (SSSR count). The van der Waals surface area contributed by atoms with Crippen LogP contribution < -0.4 is 5.32 Å². The molecule has 0 spiro atoms. The van der Waals surface area contributed by atoms with E-state index in [-0.39, 0.29) is 11.6 Å². The van der Waals surface area contributed by atoms with Crippen LogP contribution in [0.15, 0.2) is 12.1 Å². The lowest BCUT2D eigenvalue weighted by Crippen LogP contribution is -2.16. The molecule has 0 saturated carbocycles. The number of alkyl halides is 3. The predicted molar refractivity (Wildman–Crippen MR) is 56.4 cm³/mol. The van der Waals surface area contributed by atoms with Gasteiger partial charge in [0.05, 0.1) is 10.6 Å². The monoisotopic (exact) mass is 267 g/mol. The van der Waals surface area contributed by atoms with E-state index in [1.807, 2.05) is 0 Å². The van der Waals surface area contributed by atoms with Gasteiger partial charge in [0.2, 0.25) is 0 Å². The van der Waals surface area contributed by atoms with Gasteiger partial charge < -0.3 is 5.32 Å². The molecule has 1 atom stereocenters. The van der Waals surface area contributed by atoms with Crippen molar-refractivity contribution in [3.05, 3.63) is 34.1 Å². The minimum Gasteiger partial charge on any atom is -0.310 e. The fourth-order valence-electron chi connectivity index (χ4n) is 2.02. The van der Waals surface area contributed by atoms with Crippen LogP contribution in [0.3, 0.4) is 0 Å². The first kappa shape index (κ1) is 12.6. The highest BCUT2D eigenvalue weighted by Crippen LogP contribution is 2.40. The normalized spacial score (nSPS) is 20.9. The van der Waals surface area contributed by atoms with Gasteiger partial charge in [-0.2, -0.15) is 13.2 Å². The van der Waals surface area contributed by atoms with Crippen molar-refractivity contribution < 1.29 is 17.6 Å². The summed E-state index contributed by atoms with van der Waals surface area (Å²) in [4.78, 5) is 0. The summed E-state index contributed by atoms with van der Waals surface area (Å²) >= 11 is 5.72. The smallest absolute Gasteiger partial charge is 0.310 e. The van der Waals surface area contributed by atoms with E-state index in [4.69, 9.17) is 11.6 Å². The summed E-state index contributed by atoms with van der Waals surface area (Å²) in [5.74, 6) is -0.912. The van der Waals surface area contributed by atoms with Crippen molar-refractivity contribution in [2.75, 3.05) is 6.54 Å². The Morgan fingerprint density at radius 2 is 2.00 bits per heavy atom. The highest BCUT2D eigenvalue weighted by molar-refractivity contribution is 6.32. The van der Waals surface area contributed by atoms with Gasteiger partial charge in [0.15, 0.2) is 0 Å². The number of halogens is 5. The lowest BCUT2D eigenvalue weighted by Gasteiger charge is -2.17. The summed E-state index contributed by atoms with van der Waals surface area (Å²) in [6.45, 7) is 0.707. The molecular formula is C11H10ClF4N. The summed E-state index contributed by atoms with van der Waals surface area (Å²) in [6.07, 6.45) is -3.12. The highest BCUT2D eigenvalue weighted by Gasteiger charge is 2.36. The van der Waals surface area contributed by atoms with Gasteiger partial charge in [0.1, 0.15) is 5.82 Å². The van der Waals surface area contributed by atoms with E-state index in [9.17, 15) is 17.6 Å². The third kappa shape index (κ3) is 2.55. The quantitative estimate of drug-likeness (QED) is 0.761. The predicted octanol–water partition coefficient (Wildman–Crippen LogP) is 3.92. The molecule has 6 heteroatoms. The van der Waals surface area contributed by atoms with E-state index >= 15 is 0 Å². The molecule has 1 fully saturated rings. The van der Waals surface area contributed by atoms with Crippen LogP contribution in [0.1, 0.15) is 30.0 Å². The number of nitrogens with one attached hydrogen (secondary N) is 1. The third-order valence-electron chi connectivity index (χ3n) is 2.81. The highest BCUT2D eigenvalue weighted by atomic mass is 35.5. The van der Waals surface area contributed by atoms with Crippen molar-refractivity contribution in [1.82, 2.24) is 5.32 Å². The summed E-state index contributed by atoms with van der Waals surface area (Å²) in [6, 6.07) is 1.21. The molecule has 1 aliphatic heterocycles. The van der Waals surface area contributed by atoms with Crippen molar-refractivity contribution in [1.29, 1.82) is 0 Å². The van der Waals surface area contributed by atoms with E-state index in [1.54, 1.807) is 0 Å². The van der Waals surface area contributed by atoms with Crippen molar-refractivity contribution in [3.8, 4) is 0 Å². The minimum absolute atomic E-state index is 0.191. The standard InChI is InChI=1S/C11H10ClF4N/c12-10-7(9-2-1-3-17-9)4-6(13)5-8(10)11(14,15)16/h4-5,9,17H,1-3H2/t9-/m1/s1. The van der Waals surface area contributed by atoms with Crippen LogP contribution in [0.25, 0.3) is 0 Å². The number of hydrogen-bond acceptors (Lipinski definition) is 1. The Morgan fingerprint density at radius 1 is 1.29 bits per heavy atom. The van der Waals surface area contributed by atoms with Crippen LogP contribution in [0.4, 0.5) is 17.6 Å². The maximum absolute atomic E-state index is 13.2. The number of hydrogen-bond donors (Lipinski definition) is 1. The molecule has 1 N–H and O–H groups in total. The second kappa shape index (κ2) is 4.46. The second-order valence-corrected chi connectivity index (χ2v) is 4.38. The third-order valence-corrected chi connectivity index (χ3v) is 3.23. The van der Waals surface area contributed by atoms with Crippen molar-refractivity contribution in [2.45, 2.75) is 25.1 Å². The van der Waals surface area contributed by atoms with Gasteiger partial charge in [-0.15, -0.1) is 0 Å². The van der Waals surface area contributed by atoms with E-state index in [0.29, 0.717) is 19.0 Å². The maximum Gasteiger partial charge on any atom is 0.417 e. The van der Waals surface area contributed by atoms with E-state index in [1.165, 1.54) is 0 Å². The zero-order valence-corrected chi connectivity index (χ0v) is 9.50. The van der Waals surface area contributed by atoms with Crippen molar-refractivity contribution in [2.24, 2.45) is 0 Å². The topological polar surface area (TPSA) is 12.0 Å². The molecule has 1 nitrogen and oxygen atoms in total. The average molecular weight is 268 g/mol. The Kier molecular flexibility index (Phi) is 3.32. The fraction of sp³-hybridized carbons (Fsp3) is 0.455. The van der Waals surface area contributed by atoms with Gasteiger partial charge in [-0.3, -0.25) is 0 Å². The lowest BCUT2D eigenvalue weighted by atomic mass is 10.0. The zero-order chi connectivity index (χ0) is 12.6. The van der Waals surface area contributed by atoms with E-state index in [0.717, 1.165) is 12.5 Å². The molecule has 0 amide bonds. The van der Waals surface area contributed by atoms with Crippen LogP contribution in [-0.2, 0) is 6.18 Å². The van der Waals surface area contributed by atoms with Gasteiger partial charge in [0, 0.05) is 6.04 Å². The Balaban J connectivity index is 2.49. The van der Waals surface area contributed by atoms with Gasteiger partial charge in [-0.1, -0.05) is 11.6 Å². The molecule has 0 aromatic heterocycles. The molecule has 17 heavy (non-hydrogen) atoms. The fourth-order valence-corrected chi connectivity index (χ4v) is 2.37. The Morgan fingerprint density at radius 3 is 2.53 bits per heavy atom. The second-order valence-electron chi connectivity index (χ2n) is 4.00. The van der Waals surface area contributed by atoms with Crippen molar-refractivity contribution in [3.63, 3.8) is 0 Å². The molecule has 0 bridgehead atoms. The maximum atomic E-state index is 13.2. The first-order valence-corrected chi connectivity index (χ1v) is 5.57. The van der Waals surface area contributed by atoms with Crippen molar-refractivity contribution >= 4 is 11.6 Å². The molecule has 0 aliphatic carbocycles. The van der Waals surface area contributed by atoms with Crippen LogP contribution in [-0.4, -0.2) is 6.54 Å². The largest absolute Gasteiger partial charge is 0.417 e. The lowest BCUT2D eigenvalue weighted by molar-refractivity contribution is -0.137. The minimum atomic E-state index is -4.63. The summed E-state index contributed by atoms with van der Waals surface area (Å²) in [5, 5.41) is 2.60. The first-order chi connectivity index (χ1) is 7.89. The molecule has 1 saturated heterocycles. The van der Waals surface area contributed by atoms with Crippen LogP contribution in [0.2, 0.25) is 5.02 Å². The summed E-state index contributed by atoms with van der Waals surface area (Å²) < 4.78 is 51.1. The Hall–Kier alpha value is -0.810. The first-order valence-electron chi connectivity index (χ1n) is 5.19. The summed E-state index contributed by atoms with van der Waals surface area (Å²) in [7, 11) is 0. The van der Waals surface area contributed by atoms with Crippen LogP contribution in [0.5, 0.6) is 0 Å².